The van der Waals surface area contributed by atoms with Crippen LogP contribution in [0.15, 0.2) is 18.2 Å². The first kappa shape index (κ1) is 19.4. The zero-order valence-corrected chi connectivity index (χ0v) is 16.8. The van der Waals surface area contributed by atoms with E-state index in [1.807, 2.05) is 6.07 Å². The summed E-state index contributed by atoms with van der Waals surface area (Å²) >= 11 is 0. The Balaban J connectivity index is 1.31. The topological polar surface area (TPSA) is 108 Å². The highest BCUT2D eigenvalue weighted by atomic mass is 16.2. The summed E-state index contributed by atoms with van der Waals surface area (Å²) in [4.78, 5) is 50.4. The molecule has 8 nitrogen and oxygen atoms in total. The molecule has 4 aliphatic rings. The van der Waals surface area contributed by atoms with E-state index < -0.39 is 23.8 Å². The second-order valence-corrected chi connectivity index (χ2v) is 8.94. The Hall–Kier alpha value is -2.58. The van der Waals surface area contributed by atoms with Crippen LogP contribution >= 0.6 is 0 Å². The van der Waals surface area contributed by atoms with Crippen LogP contribution in [0.4, 0.5) is 0 Å². The van der Waals surface area contributed by atoms with E-state index in [-0.39, 0.29) is 18.7 Å². The van der Waals surface area contributed by atoms with Crippen molar-refractivity contribution in [3.63, 3.8) is 0 Å². The van der Waals surface area contributed by atoms with Gasteiger partial charge in [-0.3, -0.25) is 29.4 Å². The second-order valence-electron chi connectivity index (χ2n) is 8.94. The summed E-state index contributed by atoms with van der Waals surface area (Å²) in [6.07, 6.45) is 5.15. The number of hydrogen-bond acceptors (Lipinski definition) is 6. The molecule has 8 heteroatoms. The maximum atomic E-state index is 13.0. The number of imide groups is 2. The molecule has 2 unspecified atom stereocenters. The van der Waals surface area contributed by atoms with Gasteiger partial charge in [0.1, 0.15) is 6.04 Å². The van der Waals surface area contributed by atoms with Crippen molar-refractivity contribution >= 4 is 23.6 Å². The lowest BCUT2D eigenvalue weighted by molar-refractivity contribution is -0.136. The molecule has 1 aromatic rings. The number of nitrogens with one attached hydrogen (secondary N) is 3. The van der Waals surface area contributed by atoms with E-state index in [0.717, 1.165) is 30.0 Å². The average molecular weight is 410 g/mol. The van der Waals surface area contributed by atoms with Gasteiger partial charge < -0.3 is 10.6 Å². The van der Waals surface area contributed by atoms with Crippen LogP contribution in [0.5, 0.6) is 0 Å². The van der Waals surface area contributed by atoms with Crippen LogP contribution in [0.2, 0.25) is 0 Å². The molecule has 4 amide bonds. The molecule has 3 N–H and O–H groups in total. The normalized spacial score (nSPS) is 27.8. The van der Waals surface area contributed by atoms with Gasteiger partial charge >= 0.3 is 0 Å². The van der Waals surface area contributed by atoms with Gasteiger partial charge in [0.05, 0.1) is 11.1 Å². The number of benzene rings is 1. The van der Waals surface area contributed by atoms with Crippen molar-refractivity contribution in [3.8, 4) is 0 Å². The summed E-state index contributed by atoms with van der Waals surface area (Å²) in [5, 5.41) is 9.42. The van der Waals surface area contributed by atoms with E-state index in [0.29, 0.717) is 29.1 Å². The molecule has 3 aliphatic heterocycles. The first-order valence-corrected chi connectivity index (χ1v) is 10.8. The standard InChI is InChI=1S/C22H26N4O4/c27-18-5-4-16(19(28)25-18)26-20(29)14-3-2-13(10-15(14)21(26)30)11-24-17-6-9-23-12-22(17)7-1-8-22/h2-3,10,16-17,23-24H,1,4-9,11-12H2,(H,25,27,28). The monoisotopic (exact) mass is 410 g/mol. The number of nitrogens with zero attached hydrogens (tertiary/aromatic N) is 1. The molecule has 1 aromatic carbocycles. The fourth-order valence-electron chi connectivity index (χ4n) is 5.36. The van der Waals surface area contributed by atoms with Crippen molar-refractivity contribution in [1.82, 2.24) is 20.9 Å². The number of carbonyl (C=O) groups excluding carboxylic acids is 4. The van der Waals surface area contributed by atoms with Gasteiger partial charge in [-0.25, -0.2) is 0 Å². The smallest absolute Gasteiger partial charge is 0.262 e. The molecule has 158 valence electrons. The van der Waals surface area contributed by atoms with Crippen molar-refractivity contribution < 1.29 is 19.2 Å². The van der Waals surface area contributed by atoms with E-state index in [2.05, 4.69) is 16.0 Å². The molecule has 2 atom stereocenters. The maximum Gasteiger partial charge on any atom is 0.262 e. The molecule has 3 heterocycles. The number of carbonyl (C=O) groups is 4. The average Bonchev–Trinajstić information content (AvgIpc) is 2.96. The van der Waals surface area contributed by atoms with Gasteiger partial charge in [0.2, 0.25) is 11.8 Å². The van der Waals surface area contributed by atoms with E-state index in [1.54, 1.807) is 12.1 Å². The van der Waals surface area contributed by atoms with Gasteiger partial charge in [-0.1, -0.05) is 12.5 Å². The molecule has 2 saturated heterocycles. The van der Waals surface area contributed by atoms with Gasteiger partial charge in [0.25, 0.3) is 11.8 Å². The SMILES string of the molecule is O=C1CCC(N2C(=O)c3ccc(CNC4CCNCC45CCC5)cc3C2=O)C(=O)N1. The lowest BCUT2D eigenvalue weighted by Crippen LogP contribution is -2.58. The van der Waals surface area contributed by atoms with Crippen LogP contribution in [-0.2, 0) is 16.1 Å². The third-order valence-electron chi connectivity index (χ3n) is 7.23. The molecule has 1 aliphatic carbocycles. The summed E-state index contributed by atoms with van der Waals surface area (Å²) in [6, 6.07) is 4.85. The molecule has 0 aromatic heterocycles. The zero-order valence-electron chi connectivity index (χ0n) is 16.8. The molecule has 3 fully saturated rings. The minimum atomic E-state index is -0.926. The molecule has 0 bridgehead atoms. The minimum absolute atomic E-state index is 0.122. The molecule has 5 rings (SSSR count). The third-order valence-corrected chi connectivity index (χ3v) is 7.23. The first-order valence-electron chi connectivity index (χ1n) is 10.8. The lowest BCUT2D eigenvalue weighted by atomic mass is 9.62. The third kappa shape index (κ3) is 3.06. The lowest BCUT2D eigenvalue weighted by Gasteiger charge is -2.51. The maximum absolute atomic E-state index is 13.0. The number of piperidine rings is 2. The van der Waals surface area contributed by atoms with Crippen LogP contribution < -0.4 is 16.0 Å². The van der Waals surface area contributed by atoms with Crippen LogP contribution in [0.3, 0.4) is 0 Å². The largest absolute Gasteiger partial charge is 0.316 e. The summed E-state index contributed by atoms with van der Waals surface area (Å²) in [5.41, 5.74) is 1.97. The summed E-state index contributed by atoms with van der Waals surface area (Å²) in [5.74, 6) is -1.87. The van der Waals surface area contributed by atoms with Crippen molar-refractivity contribution in [3.05, 3.63) is 34.9 Å². The number of fused-ring (bicyclic) bond motifs is 1. The van der Waals surface area contributed by atoms with E-state index >= 15 is 0 Å². The molecule has 30 heavy (non-hydrogen) atoms. The Kier molecular flexibility index (Phi) is 4.71. The minimum Gasteiger partial charge on any atom is -0.316 e. The highest BCUT2D eigenvalue weighted by Crippen LogP contribution is 2.45. The Morgan fingerprint density at radius 3 is 2.60 bits per heavy atom. The van der Waals surface area contributed by atoms with Crippen LogP contribution in [0.1, 0.15) is 64.8 Å². The Morgan fingerprint density at radius 1 is 1.07 bits per heavy atom. The summed E-state index contributed by atoms with van der Waals surface area (Å²) in [6.45, 7) is 2.71. The van der Waals surface area contributed by atoms with Crippen molar-refractivity contribution in [1.29, 1.82) is 0 Å². The van der Waals surface area contributed by atoms with E-state index in [4.69, 9.17) is 0 Å². The Labute approximate surface area is 174 Å². The molecule has 1 saturated carbocycles. The van der Waals surface area contributed by atoms with Crippen LogP contribution in [0, 0.1) is 5.41 Å². The Bertz CT molecular complexity index is 939. The van der Waals surface area contributed by atoms with Crippen LogP contribution in [0.25, 0.3) is 0 Å². The number of hydrogen-bond donors (Lipinski definition) is 3. The van der Waals surface area contributed by atoms with Crippen molar-refractivity contribution in [2.24, 2.45) is 5.41 Å². The molecule has 0 radical (unpaired) electrons. The number of amides is 4. The van der Waals surface area contributed by atoms with E-state index in [1.165, 1.54) is 19.3 Å². The van der Waals surface area contributed by atoms with Crippen molar-refractivity contribution in [2.75, 3.05) is 13.1 Å². The zero-order chi connectivity index (χ0) is 20.9. The fraction of sp³-hybridized carbons (Fsp3) is 0.545. The van der Waals surface area contributed by atoms with E-state index in [9.17, 15) is 19.2 Å². The second kappa shape index (κ2) is 7.28. The molecular formula is C22H26N4O4. The van der Waals surface area contributed by atoms with Gasteiger partial charge in [-0.15, -0.1) is 0 Å². The highest BCUT2D eigenvalue weighted by molar-refractivity contribution is 6.23. The molecular weight excluding hydrogens is 384 g/mol. The van der Waals surface area contributed by atoms with Gasteiger partial charge in [0.15, 0.2) is 0 Å². The van der Waals surface area contributed by atoms with Crippen LogP contribution in [-0.4, -0.2) is 53.7 Å². The predicted octanol–water partition coefficient (Wildman–Crippen LogP) is 0.710. The summed E-state index contributed by atoms with van der Waals surface area (Å²) in [7, 11) is 0. The first-order chi connectivity index (χ1) is 14.5. The van der Waals surface area contributed by atoms with Gasteiger partial charge in [0, 0.05) is 25.6 Å². The quantitative estimate of drug-likeness (QED) is 0.631. The predicted molar refractivity (Wildman–Crippen MR) is 108 cm³/mol. The summed E-state index contributed by atoms with van der Waals surface area (Å²) < 4.78 is 0. The fourth-order valence-corrected chi connectivity index (χ4v) is 5.36. The highest BCUT2D eigenvalue weighted by Gasteiger charge is 2.46. The van der Waals surface area contributed by atoms with Crippen molar-refractivity contribution in [2.45, 2.75) is 57.2 Å². The molecule has 1 spiro atoms. The number of rotatable bonds is 4. The van der Waals surface area contributed by atoms with Gasteiger partial charge in [-0.05, 0) is 55.3 Å². The van der Waals surface area contributed by atoms with Gasteiger partial charge in [-0.2, -0.15) is 0 Å². The Morgan fingerprint density at radius 2 is 1.87 bits per heavy atom.